The van der Waals surface area contributed by atoms with Crippen molar-refractivity contribution in [2.45, 2.75) is 25.1 Å². The maximum atomic E-state index is 12.2. The second kappa shape index (κ2) is 6.92. The maximum Gasteiger partial charge on any atom is 0.573 e. The standard InChI is InChI=1S/C19H14ClF3O2/c20-16-5-1-12(2-6-16)14-9-15(11-17(24)10-14)13-3-7-18(8-4-13)25-19(21,22)23/h1-8,11,14H,9-10H2/t14-/m1/s1. The monoisotopic (exact) mass is 366 g/mol. The van der Waals surface area contributed by atoms with Gasteiger partial charge in [0.25, 0.3) is 0 Å². The molecule has 2 nitrogen and oxygen atoms in total. The van der Waals surface area contributed by atoms with Crippen LogP contribution in [0.15, 0.2) is 54.6 Å². The number of rotatable bonds is 3. The molecule has 0 radical (unpaired) electrons. The molecule has 0 N–H and O–H groups in total. The number of ether oxygens (including phenoxy) is 1. The van der Waals surface area contributed by atoms with E-state index in [9.17, 15) is 18.0 Å². The fraction of sp³-hybridized carbons (Fsp3) is 0.211. The summed E-state index contributed by atoms with van der Waals surface area (Å²) in [6.45, 7) is 0. The van der Waals surface area contributed by atoms with Gasteiger partial charge >= 0.3 is 6.36 Å². The molecule has 6 heteroatoms. The Labute approximate surface area is 147 Å². The van der Waals surface area contributed by atoms with Crippen LogP contribution in [0.25, 0.3) is 5.57 Å². The van der Waals surface area contributed by atoms with Crippen LogP contribution in [0.5, 0.6) is 5.75 Å². The lowest BCUT2D eigenvalue weighted by Gasteiger charge is -2.23. The molecule has 1 aliphatic rings. The van der Waals surface area contributed by atoms with E-state index in [1.54, 1.807) is 18.2 Å². The largest absolute Gasteiger partial charge is 0.573 e. The Morgan fingerprint density at radius 2 is 1.60 bits per heavy atom. The Kier molecular flexibility index (Phi) is 4.86. The second-order valence-corrected chi connectivity index (χ2v) is 6.30. The Morgan fingerprint density at radius 1 is 0.960 bits per heavy atom. The van der Waals surface area contributed by atoms with Crippen LogP contribution in [0.4, 0.5) is 13.2 Å². The minimum absolute atomic E-state index is 0.00295. The molecule has 2 aromatic rings. The summed E-state index contributed by atoms with van der Waals surface area (Å²) < 4.78 is 40.6. The van der Waals surface area contributed by atoms with Crippen molar-refractivity contribution in [3.63, 3.8) is 0 Å². The molecule has 0 fully saturated rings. The molecule has 25 heavy (non-hydrogen) atoms. The highest BCUT2D eigenvalue weighted by molar-refractivity contribution is 6.30. The molecule has 0 amide bonds. The predicted octanol–water partition coefficient (Wildman–Crippen LogP) is 5.77. The van der Waals surface area contributed by atoms with Crippen molar-refractivity contribution in [3.8, 4) is 5.75 Å². The third-order valence-corrected chi connectivity index (χ3v) is 4.30. The minimum Gasteiger partial charge on any atom is -0.406 e. The number of halogens is 4. The van der Waals surface area contributed by atoms with E-state index in [0.29, 0.717) is 23.4 Å². The Hall–Kier alpha value is -2.27. The quantitative estimate of drug-likeness (QED) is 0.689. The molecule has 0 saturated heterocycles. The molecule has 2 aromatic carbocycles. The summed E-state index contributed by atoms with van der Waals surface area (Å²) in [4.78, 5) is 12.1. The number of hydrogen-bond donors (Lipinski definition) is 0. The lowest BCUT2D eigenvalue weighted by atomic mass is 9.81. The van der Waals surface area contributed by atoms with Crippen LogP contribution in [-0.4, -0.2) is 12.1 Å². The van der Waals surface area contributed by atoms with Crippen LogP contribution in [0.2, 0.25) is 5.02 Å². The topological polar surface area (TPSA) is 26.3 Å². The molecule has 1 atom stereocenters. The van der Waals surface area contributed by atoms with Gasteiger partial charge in [-0.2, -0.15) is 0 Å². The fourth-order valence-electron chi connectivity index (χ4n) is 2.94. The summed E-state index contributed by atoms with van der Waals surface area (Å²) in [7, 11) is 0. The summed E-state index contributed by atoms with van der Waals surface area (Å²) in [6, 6.07) is 12.9. The first-order valence-electron chi connectivity index (χ1n) is 7.65. The molecule has 0 heterocycles. The molecule has 0 spiro atoms. The van der Waals surface area contributed by atoms with Crippen molar-refractivity contribution >= 4 is 23.0 Å². The molecular formula is C19H14ClF3O2. The third-order valence-electron chi connectivity index (χ3n) is 4.05. The molecular weight excluding hydrogens is 353 g/mol. The highest BCUT2D eigenvalue weighted by Gasteiger charge is 2.31. The number of alkyl halides is 3. The summed E-state index contributed by atoms with van der Waals surface area (Å²) in [6.07, 6.45) is -2.12. The number of ketones is 1. The van der Waals surface area contributed by atoms with Crippen LogP contribution in [0, 0.1) is 0 Å². The average Bonchev–Trinajstić information content (AvgIpc) is 2.54. The van der Waals surface area contributed by atoms with E-state index in [-0.39, 0.29) is 17.5 Å². The number of carbonyl (C=O) groups excluding carboxylic acids is 1. The normalized spacial score (nSPS) is 18.0. The molecule has 0 unspecified atom stereocenters. The van der Waals surface area contributed by atoms with Crippen molar-refractivity contribution < 1.29 is 22.7 Å². The summed E-state index contributed by atoms with van der Waals surface area (Å²) >= 11 is 5.89. The van der Waals surface area contributed by atoms with Gasteiger partial charge in [0.15, 0.2) is 5.78 Å². The summed E-state index contributed by atoms with van der Waals surface area (Å²) in [5.41, 5.74) is 2.52. The van der Waals surface area contributed by atoms with Crippen molar-refractivity contribution in [3.05, 3.63) is 70.8 Å². The molecule has 0 saturated carbocycles. The van der Waals surface area contributed by atoms with Gasteiger partial charge in [0, 0.05) is 11.4 Å². The summed E-state index contributed by atoms with van der Waals surface area (Å²) in [5.74, 6) is -0.263. The van der Waals surface area contributed by atoms with Crippen LogP contribution in [0.3, 0.4) is 0 Å². The first-order chi connectivity index (χ1) is 11.8. The second-order valence-electron chi connectivity index (χ2n) is 5.86. The van der Waals surface area contributed by atoms with Gasteiger partial charge in [0.05, 0.1) is 0 Å². The highest BCUT2D eigenvalue weighted by atomic mass is 35.5. The van der Waals surface area contributed by atoms with E-state index < -0.39 is 6.36 Å². The first kappa shape index (κ1) is 17.5. The number of hydrogen-bond acceptors (Lipinski definition) is 2. The lowest BCUT2D eigenvalue weighted by Crippen LogP contribution is -2.17. The predicted molar refractivity (Wildman–Crippen MR) is 89.5 cm³/mol. The van der Waals surface area contributed by atoms with Gasteiger partial charge in [-0.3, -0.25) is 4.79 Å². The Bertz CT molecular complexity index is 793. The number of allylic oxidation sites excluding steroid dienone is 2. The van der Waals surface area contributed by atoms with E-state index in [2.05, 4.69) is 4.74 Å². The SMILES string of the molecule is O=C1C=C(c2ccc(OC(F)(F)F)cc2)C[C@@H](c2ccc(Cl)cc2)C1. The van der Waals surface area contributed by atoms with Gasteiger partial charge < -0.3 is 4.74 Å². The molecule has 130 valence electrons. The van der Waals surface area contributed by atoms with Gasteiger partial charge in [-0.25, -0.2) is 0 Å². The van der Waals surface area contributed by atoms with Crippen molar-refractivity contribution in [1.29, 1.82) is 0 Å². The zero-order valence-electron chi connectivity index (χ0n) is 13.0. The first-order valence-corrected chi connectivity index (χ1v) is 8.03. The molecule has 0 bridgehead atoms. The van der Waals surface area contributed by atoms with Crippen LogP contribution >= 0.6 is 11.6 Å². The third kappa shape index (κ3) is 4.63. The lowest BCUT2D eigenvalue weighted by molar-refractivity contribution is -0.274. The Morgan fingerprint density at radius 3 is 2.20 bits per heavy atom. The summed E-state index contributed by atoms with van der Waals surface area (Å²) in [5, 5.41) is 0.627. The smallest absolute Gasteiger partial charge is 0.406 e. The van der Waals surface area contributed by atoms with Crippen LogP contribution in [0.1, 0.15) is 29.9 Å². The van der Waals surface area contributed by atoms with E-state index in [1.807, 2.05) is 12.1 Å². The van der Waals surface area contributed by atoms with E-state index in [0.717, 1.165) is 11.1 Å². The van der Waals surface area contributed by atoms with Crippen LogP contribution < -0.4 is 4.74 Å². The number of benzene rings is 2. The van der Waals surface area contributed by atoms with Gasteiger partial charge in [-0.05, 0) is 59.4 Å². The molecule has 3 rings (SSSR count). The maximum absolute atomic E-state index is 12.2. The van der Waals surface area contributed by atoms with Gasteiger partial charge in [0.1, 0.15) is 5.75 Å². The van der Waals surface area contributed by atoms with Gasteiger partial charge in [-0.1, -0.05) is 35.9 Å². The fourth-order valence-corrected chi connectivity index (χ4v) is 3.06. The minimum atomic E-state index is -4.72. The Balaban J connectivity index is 1.79. The van der Waals surface area contributed by atoms with Gasteiger partial charge in [0.2, 0.25) is 0 Å². The van der Waals surface area contributed by atoms with Gasteiger partial charge in [-0.15, -0.1) is 13.2 Å². The zero-order chi connectivity index (χ0) is 18.0. The van der Waals surface area contributed by atoms with E-state index >= 15 is 0 Å². The molecule has 0 aliphatic heterocycles. The van der Waals surface area contributed by atoms with Crippen molar-refractivity contribution in [2.75, 3.05) is 0 Å². The van der Waals surface area contributed by atoms with E-state index in [4.69, 9.17) is 11.6 Å². The molecule has 1 aliphatic carbocycles. The average molecular weight is 367 g/mol. The van der Waals surface area contributed by atoms with Crippen molar-refractivity contribution in [2.24, 2.45) is 0 Å². The van der Waals surface area contributed by atoms with Crippen LogP contribution in [-0.2, 0) is 4.79 Å². The van der Waals surface area contributed by atoms with E-state index in [1.165, 1.54) is 24.3 Å². The number of carbonyl (C=O) groups is 1. The zero-order valence-corrected chi connectivity index (χ0v) is 13.8. The highest BCUT2D eigenvalue weighted by Crippen LogP contribution is 2.37. The van der Waals surface area contributed by atoms with Crippen molar-refractivity contribution in [1.82, 2.24) is 0 Å². The molecule has 0 aromatic heterocycles.